The molecule has 15 nitrogen and oxygen atoms in total. The predicted octanol–water partition coefficient (Wildman–Crippen LogP) is 6.10. The number of carbonyl (C=O) groups is 2. The topological polar surface area (TPSA) is 231 Å². The van der Waals surface area contributed by atoms with Gasteiger partial charge in [-0.15, -0.1) is 0 Å². The molecule has 15 heteroatoms. The molecule has 0 radical (unpaired) electrons. The summed E-state index contributed by atoms with van der Waals surface area (Å²) in [4.78, 5) is 25.7. The molecule has 2 fully saturated rings. The van der Waals surface area contributed by atoms with Crippen molar-refractivity contribution >= 4 is 11.9 Å². The average molecular weight is 925 g/mol. The average Bonchev–Trinajstić information content (AvgIpc) is 3.30. The summed E-state index contributed by atoms with van der Waals surface area (Å²) in [6.45, 7) is 2.38. The molecular formula is C50H84O15. The van der Waals surface area contributed by atoms with E-state index in [0.29, 0.717) is 12.8 Å². The molecule has 2 aliphatic heterocycles. The quantitative estimate of drug-likeness (QED) is 0.0214. The minimum atomic E-state index is -1.77. The molecule has 0 spiro atoms. The molecule has 0 aromatic heterocycles. The molecule has 0 aromatic carbocycles. The van der Waals surface area contributed by atoms with Crippen molar-refractivity contribution in [2.24, 2.45) is 0 Å². The van der Waals surface area contributed by atoms with E-state index in [1.165, 1.54) is 44.9 Å². The van der Waals surface area contributed by atoms with Gasteiger partial charge in [0.15, 0.2) is 18.7 Å². The lowest BCUT2D eigenvalue weighted by Crippen LogP contribution is -2.61. The van der Waals surface area contributed by atoms with Crippen molar-refractivity contribution in [3.63, 3.8) is 0 Å². The summed E-state index contributed by atoms with van der Waals surface area (Å²) in [7, 11) is 0. The van der Waals surface area contributed by atoms with Crippen LogP contribution in [0, 0.1) is 0 Å². The Morgan fingerprint density at radius 2 is 0.969 bits per heavy atom. The number of allylic oxidation sites excluding steroid dienone is 10. The summed E-state index contributed by atoms with van der Waals surface area (Å²) in [5.74, 6) is -0.986. The molecule has 2 rings (SSSR count). The number of aliphatic hydroxyl groups is 7. The fourth-order valence-corrected chi connectivity index (χ4v) is 7.26. The summed E-state index contributed by atoms with van der Waals surface area (Å²) < 4.78 is 33.5. The fraction of sp³-hybridized carbons (Fsp3) is 0.760. The fourth-order valence-electron chi connectivity index (χ4n) is 7.26. The van der Waals surface area contributed by atoms with Crippen LogP contribution in [-0.2, 0) is 38.0 Å². The van der Waals surface area contributed by atoms with E-state index in [-0.39, 0.29) is 19.4 Å². The highest BCUT2D eigenvalue weighted by molar-refractivity contribution is 5.70. The molecule has 11 atom stereocenters. The van der Waals surface area contributed by atoms with Crippen molar-refractivity contribution in [2.45, 2.75) is 216 Å². The van der Waals surface area contributed by atoms with Crippen LogP contribution < -0.4 is 0 Å². The summed E-state index contributed by atoms with van der Waals surface area (Å²) in [5, 5.41) is 72.0. The third-order valence-corrected chi connectivity index (χ3v) is 11.3. The van der Waals surface area contributed by atoms with Crippen LogP contribution in [0.15, 0.2) is 60.8 Å². The number of aliphatic hydroxyl groups excluding tert-OH is 7. The molecule has 0 bridgehead atoms. The van der Waals surface area contributed by atoms with Gasteiger partial charge in [-0.25, -0.2) is 0 Å². The zero-order chi connectivity index (χ0) is 47.5. The Morgan fingerprint density at radius 1 is 0.508 bits per heavy atom. The number of rotatable bonds is 36. The second-order valence-electron chi connectivity index (χ2n) is 17.0. The molecule has 65 heavy (non-hydrogen) atoms. The van der Waals surface area contributed by atoms with Crippen LogP contribution in [0.4, 0.5) is 0 Å². The first-order valence-electron chi connectivity index (χ1n) is 24.4. The minimum Gasteiger partial charge on any atom is -0.462 e. The van der Waals surface area contributed by atoms with Crippen molar-refractivity contribution in [3.8, 4) is 0 Å². The minimum absolute atomic E-state index is 0.134. The van der Waals surface area contributed by atoms with Crippen molar-refractivity contribution in [3.05, 3.63) is 60.8 Å². The van der Waals surface area contributed by atoms with Crippen molar-refractivity contribution in [1.29, 1.82) is 0 Å². The maximum absolute atomic E-state index is 13.0. The highest BCUT2D eigenvalue weighted by Gasteiger charge is 2.47. The normalized spacial score (nSPS) is 26.9. The summed E-state index contributed by atoms with van der Waals surface area (Å²) in [5.41, 5.74) is 0. The highest BCUT2D eigenvalue weighted by atomic mass is 16.7. The van der Waals surface area contributed by atoms with E-state index in [4.69, 9.17) is 28.4 Å². The number of esters is 2. The van der Waals surface area contributed by atoms with E-state index in [9.17, 15) is 45.3 Å². The molecular weight excluding hydrogens is 841 g/mol. The van der Waals surface area contributed by atoms with E-state index in [0.717, 1.165) is 64.2 Å². The Kier molecular flexibility index (Phi) is 33.4. The maximum atomic E-state index is 13.0. The number of ether oxygens (including phenoxy) is 6. The Balaban J connectivity index is 1.85. The Morgan fingerprint density at radius 3 is 1.54 bits per heavy atom. The molecule has 0 amide bonds. The number of hydrogen-bond acceptors (Lipinski definition) is 15. The smallest absolute Gasteiger partial charge is 0.306 e. The predicted molar refractivity (Wildman–Crippen MR) is 247 cm³/mol. The van der Waals surface area contributed by atoms with E-state index in [1.54, 1.807) is 0 Å². The van der Waals surface area contributed by atoms with Gasteiger partial charge in [0.2, 0.25) is 0 Å². The zero-order valence-corrected chi connectivity index (χ0v) is 39.2. The molecule has 2 aliphatic rings. The van der Waals surface area contributed by atoms with Gasteiger partial charge in [0, 0.05) is 12.8 Å². The molecule has 374 valence electrons. The van der Waals surface area contributed by atoms with Gasteiger partial charge >= 0.3 is 11.9 Å². The summed E-state index contributed by atoms with van der Waals surface area (Å²) in [6.07, 6.45) is 24.0. The lowest BCUT2D eigenvalue weighted by atomic mass is 9.98. The first kappa shape index (κ1) is 58.3. The number of unbranched alkanes of at least 4 members (excludes halogenated alkanes) is 15. The van der Waals surface area contributed by atoms with Gasteiger partial charge in [-0.3, -0.25) is 9.59 Å². The van der Waals surface area contributed by atoms with Crippen LogP contribution in [0.3, 0.4) is 0 Å². The summed E-state index contributed by atoms with van der Waals surface area (Å²) in [6, 6.07) is 0. The second kappa shape index (κ2) is 37.2. The van der Waals surface area contributed by atoms with E-state index >= 15 is 0 Å². The molecule has 2 heterocycles. The lowest BCUT2D eigenvalue weighted by Gasteiger charge is -2.42. The third kappa shape index (κ3) is 25.8. The van der Waals surface area contributed by atoms with Gasteiger partial charge < -0.3 is 64.2 Å². The molecule has 0 saturated carbocycles. The lowest BCUT2D eigenvalue weighted by molar-refractivity contribution is -0.332. The second-order valence-corrected chi connectivity index (χ2v) is 17.0. The molecule has 7 N–H and O–H groups in total. The van der Waals surface area contributed by atoms with Crippen LogP contribution in [0.5, 0.6) is 0 Å². The first-order chi connectivity index (χ1) is 31.5. The summed E-state index contributed by atoms with van der Waals surface area (Å²) >= 11 is 0. The number of hydrogen-bond donors (Lipinski definition) is 7. The molecule has 0 aromatic rings. The van der Waals surface area contributed by atoms with Crippen LogP contribution in [0.1, 0.15) is 149 Å². The van der Waals surface area contributed by atoms with Crippen molar-refractivity contribution in [1.82, 2.24) is 0 Å². The van der Waals surface area contributed by atoms with E-state index in [2.05, 4.69) is 50.3 Å². The van der Waals surface area contributed by atoms with Crippen LogP contribution in [-0.4, -0.2) is 142 Å². The van der Waals surface area contributed by atoms with Crippen LogP contribution in [0.25, 0.3) is 0 Å². The van der Waals surface area contributed by atoms with Crippen molar-refractivity contribution < 1.29 is 73.8 Å². The third-order valence-electron chi connectivity index (χ3n) is 11.3. The van der Waals surface area contributed by atoms with Gasteiger partial charge in [-0.05, 0) is 57.8 Å². The number of carbonyl (C=O) groups excluding carboxylic acids is 2. The molecule has 0 aliphatic carbocycles. The van der Waals surface area contributed by atoms with Gasteiger partial charge in [-0.2, -0.15) is 0 Å². The highest BCUT2D eigenvalue weighted by Crippen LogP contribution is 2.26. The molecule has 5 unspecified atom stereocenters. The zero-order valence-electron chi connectivity index (χ0n) is 39.2. The van der Waals surface area contributed by atoms with E-state index < -0.39 is 99.3 Å². The van der Waals surface area contributed by atoms with Gasteiger partial charge in [0.1, 0.15) is 55.4 Å². The first-order valence-corrected chi connectivity index (χ1v) is 24.4. The van der Waals surface area contributed by atoms with Gasteiger partial charge in [-0.1, -0.05) is 139 Å². The SMILES string of the molecule is CC/C=C/C=C/C=C/CCCCCCCC(=O)OC(COC(=O)CCCCC/C=C/C=C/CCCCCCCCC)CO[C@@H]1O[C@H](CO[C@@H]2O[C@H](CO)[C@H](O)C(O)C2O)[C@H](O)C(O)C1O. The Labute approximate surface area is 388 Å². The monoisotopic (exact) mass is 925 g/mol. The maximum Gasteiger partial charge on any atom is 0.306 e. The van der Waals surface area contributed by atoms with Gasteiger partial charge in [0.05, 0.1) is 19.8 Å². The Bertz CT molecular complexity index is 1370. The van der Waals surface area contributed by atoms with Crippen molar-refractivity contribution in [2.75, 3.05) is 26.4 Å². The standard InChI is InChI=1S/C50H84O15/c1-3-5-7-9-11-13-15-17-18-19-21-22-24-26-28-30-32-41(52)60-35-38(63-42(53)33-31-29-27-25-23-20-16-14-12-10-8-6-4-2)36-61-49-48(59)46(57)44(55)40(65-49)37-62-50-47(58)45(56)43(54)39(34-51)64-50/h6,8,10,12,14,16,18-19,21-22,38-40,43-51,54-59H,3-5,7,9,11,13,15,17,20,23-37H2,1-2H3/b8-6+,12-10+,16-14+,19-18+,22-21+/t38?,39-,40-,43+,44+,45?,46?,47?,48?,49-,50-/m1/s1. The van der Waals surface area contributed by atoms with Gasteiger partial charge in [0.25, 0.3) is 0 Å². The van der Waals surface area contributed by atoms with Crippen LogP contribution in [0.2, 0.25) is 0 Å². The van der Waals surface area contributed by atoms with E-state index in [1.807, 2.05) is 24.3 Å². The largest absolute Gasteiger partial charge is 0.462 e. The Hall–Kier alpha value is -2.80. The van der Waals surface area contributed by atoms with Crippen LogP contribution >= 0.6 is 0 Å². The molecule has 2 saturated heterocycles.